The van der Waals surface area contributed by atoms with Gasteiger partial charge in [0.15, 0.2) is 0 Å². The van der Waals surface area contributed by atoms with Crippen LogP contribution in [0.4, 0.5) is 5.82 Å². The molecule has 0 atom stereocenters. The van der Waals surface area contributed by atoms with Gasteiger partial charge in [-0.3, -0.25) is 23.9 Å². The van der Waals surface area contributed by atoms with Crippen molar-refractivity contribution in [1.82, 2.24) is 15.0 Å². The Kier molecular flexibility index (Phi) is 13.2. The molecule has 119 valence electrons. The Labute approximate surface area is 158 Å². The predicted octanol–water partition coefficient (Wildman–Crippen LogP) is 3.58. The van der Waals surface area contributed by atoms with Gasteiger partial charge in [0.05, 0.1) is 11.4 Å². The summed E-state index contributed by atoms with van der Waals surface area (Å²) < 4.78 is 0. The van der Waals surface area contributed by atoms with Crippen LogP contribution >= 0.6 is 0 Å². The second-order valence-electron chi connectivity index (χ2n) is 3.64. The molecule has 0 aliphatic carbocycles. The average Bonchev–Trinajstić information content (AvgIpc) is 2.54. The summed E-state index contributed by atoms with van der Waals surface area (Å²) in [6.07, 6.45) is 3.28. The van der Waals surface area contributed by atoms with Crippen molar-refractivity contribution in [2.75, 3.05) is 4.90 Å². The number of rotatable bonds is 2. The molecule has 2 rings (SSSR count). The molecule has 6 heteroatoms. The summed E-state index contributed by atoms with van der Waals surface area (Å²) in [5.41, 5.74) is 1.09. The molecule has 0 unspecified atom stereocenters. The fourth-order valence-electron chi connectivity index (χ4n) is 1.47. The van der Waals surface area contributed by atoms with Gasteiger partial charge in [-0.25, -0.2) is 4.98 Å². The quantitative estimate of drug-likeness (QED) is 0.813. The van der Waals surface area contributed by atoms with Gasteiger partial charge in [0.1, 0.15) is 5.82 Å². The number of aromatic amines is 1. The van der Waals surface area contributed by atoms with Crippen molar-refractivity contribution in [2.45, 2.75) is 34.6 Å². The maximum Gasteiger partial charge on any atom is 0.256 e. The Morgan fingerprint density at radius 3 is 2.05 bits per heavy atom. The van der Waals surface area contributed by atoms with Crippen LogP contribution < -0.4 is 10.5 Å². The van der Waals surface area contributed by atoms with Crippen LogP contribution in [0.1, 0.15) is 33.3 Å². The largest absolute Gasteiger partial charge is 0.655 e. The molecule has 1 N–H and O–H groups in total. The van der Waals surface area contributed by atoms with Crippen LogP contribution in [0.5, 0.6) is 0 Å². The molecular formula is C16H24N4OY-2. The first-order valence-electron chi connectivity index (χ1n) is 7.02. The third-order valence-corrected chi connectivity index (χ3v) is 2.38. The van der Waals surface area contributed by atoms with Crippen LogP contribution in [0.25, 0.3) is 11.4 Å². The predicted molar refractivity (Wildman–Crippen MR) is 88.7 cm³/mol. The van der Waals surface area contributed by atoms with Crippen LogP contribution in [0.3, 0.4) is 0 Å². The van der Waals surface area contributed by atoms with E-state index in [1.54, 1.807) is 31.5 Å². The first-order valence-corrected chi connectivity index (χ1v) is 7.02. The van der Waals surface area contributed by atoms with Gasteiger partial charge in [0, 0.05) is 50.7 Å². The topological polar surface area (TPSA) is 61.9 Å². The van der Waals surface area contributed by atoms with Crippen molar-refractivity contribution in [3.05, 3.63) is 54.5 Å². The summed E-state index contributed by atoms with van der Waals surface area (Å²) in [5.74, 6) is 0.941. The number of hydrogen-bond acceptors (Lipinski definition) is 4. The first-order chi connectivity index (χ1) is 10.1. The summed E-state index contributed by atoms with van der Waals surface area (Å²) in [7, 11) is 7.28. The first kappa shape index (κ1) is 23.2. The van der Waals surface area contributed by atoms with E-state index in [0.29, 0.717) is 17.2 Å². The second kappa shape index (κ2) is 12.5. The maximum atomic E-state index is 11.7. The summed E-state index contributed by atoms with van der Waals surface area (Å²) >= 11 is 0. The molecular weight excluding hydrogens is 353 g/mol. The molecule has 0 aliphatic heterocycles. The van der Waals surface area contributed by atoms with E-state index in [9.17, 15) is 4.79 Å². The molecule has 0 aliphatic rings. The second-order valence-corrected chi connectivity index (χ2v) is 3.64. The van der Waals surface area contributed by atoms with Crippen LogP contribution in [-0.4, -0.2) is 15.0 Å². The molecule has 0 saturated heterocycles. The monoisotopic (exact) mass is 377 g/mol. The molecule has 0 fully saturated rings. The number of hydrogen-bond donors (Lipinski definition) is 1. The molecule has 0 bridgehead atoms. The van der Waals surface area contributed by atoms with E-state index >= 15 is 0 Å². The van der Waals surface area contributed by atoms with Crippen molar-refractivity contribution in [3.63, 3.8) is 0 Å². The summed E-state index contributed by atoms with van der Waals surface area (Å²) in [5, 5.41) is 0. The van der Waals surface area contributed by atoms with Gasteiger partial charge < -0.3 is 9.88 Å². The standard InChI is InChI=1S/C12H12N4O.2C2H6.Y/c1-8-11(16(2)3)14-10(15-12(8)17)9-4-6-13-7-5-9;2*1-2;/h4-7H,2-3H2,1H3,(H,14,15,17);2*1-2H3;/q-2;;;. The molecule has 22 heavy (non-hydrogen) atoms. The van der Waals surface area contributed by atoms with E-state index in [0.717, 1.165) is 5.56 Å². The normalized spacial score (nSPS) is 8.50. The van der Waals surface area contributed by atoms with Gasteiger partial charge >= 0.3 is 0 Å². The van der Waals surface area contributed by atoms with Crippen molar-refractivity contribution in [3.8, 4) is 11.4 Å². The Bertz CT molecular complexity index is 582. The zero-order chi connectivity index (χ0) is 16.4. The van der Waals surface area contributed by atoms with E-state index in [1.807, 2.05) is 27.7 Å². The Morgan fingerprint density at radius 1 is 1.09 bits per heavy atom. The number of pyridine rings is 1. The van der Waals surface area contributed by atoms with E-state index in [-0.39, 0.29) is 38.3 Å². The summed E-state index contributed by atoms with van der Waals surface area (Å²) in [4.78, 5) is 24.0. The summed E-state index contributed by atoms with van der Waals surface area (Å²) in [6, 6.07) is 3.54. The number of nitrogens with zero attached hydrogens (tertiary/aromatic N) is 3. The third-order valence-electron chi connectivity index (χ3n) is 2.38. The van der Waals surface area contributed by atoms with E-state index in [4.69, 9.17) is 0 Å². The van der Waals surface area contributed by atoms with Gasteiger partial charge in [0.2, 0.25) is 0 Å². The van der Waals surface area contributed by atoms with Crippen molar-refractivity contribution >= 4 is 5.82 Å². The summed E-state index contributed by atoms with van der Waals surface area (Å²) in [6.45, 7) is 9.68. The fourth-order valence-corrected chi connectivity index (χ4v) is 1.47. The molecule has 2 aromatic rings. The van der Waals surface area contributed by atoms with Crippen LogP contribution in [0.2, 0.25) is 0 Å². The number of aromatic nitrogens is 3. The molecule has 0 spiro atoms. The Morgan fingerprint density at radius 2 is 1.59 bits per heavy atom. The minimum atomic E-state index is -0.195. The van der Waals surface area contributed by atoms with E-state index < -0.39 is 0 Å². The SMILES string of the molecule is CC.CC.[CH2-]N([CH2-])c1nc(-c2ccncc2)[nH]c(=O)c1C.[Y]. The third kappa shape index (κ3) is 6.36. The molecule has 2 aromatic heterocycles. The maximum absolute atomic E-state index is 11.7. The van der Waals surface area contributed by atoms with Crippen LogP contribution in [0, 0.1) is 21.0 Å². The minimum absolute atomic E-state index is 0. The molecule has 0 amide bonds. The van der Waals surface area contributed by atoms with Gasteiger partial charge in [0.25, 0.3) is 5.56 Å². The van der Waals surface area contributed by atoms with Gasteiger partial charge in [-0.2, -0.15) is 0 Å². The van der Waals surface area contributed by atoms with Crippen molar-refractivity contribution in [2.24, 2.45) is 0 Å². The van der Waals surface area contributed by atoms with Crippen LogP contribution in [0.15, 0.2) is 29.3 Å². The van der Waals surface area contributed by atoms with E-state index in [1.165, 1.54) is 4.90 Å². The zero-order valence-electron chi connectivity index (χ0n) is 14.1. The van der Waals surface area contributed by atoms with Gasteiger partial charge in [-0.15, -0.1) is 0 Å². The van der Waals surface area contributed by atoms with E-state index in [2.05, 4.69) is 29.0 Å². The smallest absolute Gasteiger partial charge is 0.256 e. The zero-order valence-corrected chi connectivity index (χ0v) is 16.9. The molecule has 0 aromatic carbocycles. The van der Waals surface area contributed by atoms with Crippen molar-refractivity contribution in [1.29, 1.82) is 0 Å². The average molecular weight is 377 g/mol. The molecule has 2 heterocycles. The van der Waals surface area contributed by atoms with Crippen molar-refractivity contribution < 1.29 is 32.7 Å². The number of nitrogens with one attached hydrogen (secondary N) is 1. The molecule has 0 saturated carbocycles. The van der Waals surface area contributed by atoms with Gasteiger partial charge in [-0.05, 0) is 19.1 Å². The van der Waals surface area contributed by atoms with Gasteiger partial charge in [-0.1, -0.05) is 27.7 Å². The Balaban J connectivity index is 0. The minimum Gasteiger partial charge on any atom is -0.655 e. The number of anilines is 1. The fraction of sp³-hybridized carbons (Fsp3) is 0.312. The molecule has 1 radical (unpaired) electrons. The molecule has 5 nitrogen and oxygen atoms in total. The number of H-pyrrole nitrogens is 1. The van der Waals surface area contributed by atoms with Crippen LogP contribution in [-0.2, 0) is 32.7 Å². The Hall–Kier alpha value is -1.07.